The highest BCUT2D eigenvalue weighted by molar-refractivity contribution is 5.85. The fraction of sp³-hybridized carbons (Fsp3) is 0.438. The molecule has 0 saturated heterocycles. The van der Waals surface area contributed by atoms with Gasteiger partial charge in [-0.15, -0.1) is 12.4 Å². The summed E-state index contributed by atoms with van der Waals surface area (Å²) in [5.41, 5.74) is 8.30. The van der Waals surface area contributed by atoms with E-state index >= 15 is 0 Å². The Bertz CT molecular complexity index is 510. The number of halogens is 1. The lowest BCUT2D eigenvalue weighted by molar-refractivity contribution is 0.253. The molecule has 2 N–H and O–H groups in total. The molecular weight excluding hydrogens is 284 g/mol. The van der Waals surface area contributed by atoms with Crippen molar-refractivity contribution in [2.24, 2.45) is 5.73 Å². The largest absolute Gasteiger partial charge is 0.329 e. The average Bonchev–Trinajstić information content (AvgIpc) is 2.88. The van der Waals surface area contributed by atoms with E-state index in [1.807, 2.05) is 12.3 Å². The lowest BCUT2D eigenvalue weighted by atomic mass is 10.2. The van der Waals surface area contributed by atoms with Gasteiger partial charge in [0.05, 0.1) is 5.69 Å². The molecular formula is C16H25ClN4. The summed E-state index contributed by atoms with van der Waals surface area (Å²) in [6.07, 6.45) is 1.87. The monoisotopic (exact) mass is 308 g/mol. The van der Waals surface area contributed by atoms with Crippen molar-refractivity contribution in [3.8, 4) is 0 Å². The number of rotatable bonds is 7. The zero-order valence-corrected chi connectivity index (χ0v) is 13.6. The maximum atomic E-state index is 5.75. The number of nitrogens with zero attached hydrogens (tertiary/aromatic N) is 3. The highest BCUT2D eigenvalue weighted by atomic mass is 35.5. The smallest absolute Gasteiger partial charge is 0.0527 e. The van der Waals surface area contributed by atoms with Crippen LogP contribution in [0.1, 0.15) is 31.1 Å². The van der Waals surface area contributed by atoms with Crippen molar-refractivity contribution in [2.45, 2.75) is 33.0 Å². The summed E-state index contributed by atoms with van der Waals surface area (Å²) >= 11 is 0. The fourth-order valence-electron chi connectivity index (χ4n) is 2.40. The molecule has 2 rings (SSSR count). The Labute approximate surface area is 133 Å². The third kappa shape index (κ3) is 5.16. The van der Waals surface area contributed by atoms with Crippen molar-refractivity contribution < 1.29 is 0 Å². The molecule has 0 spiro atoms. The van der Waals surface area contributed by atoms with Crippen LogP contribution in [-0.2, 0) is 13.1 Å². The first-order chi connectivity index (χ1) is 9.70. The highest BCUT2D eigenvalue weighted by Crippen LogP contribution is 2.13. The Morgan fingerprint density at radius 3 is 2.48 bits per heavy atom. The summed E-state index contributed by atoms with van der Waals surface area (Å²) < 4.78 is 2.08. The Kier molecular flexibility index (Phi) is 7.43. The number of nitrogens with two attached hydrogens (primary N) is 1. The van der Waals surface area contributed by atoms with Gasteiger partial charge in [-0.25, -0.2) is 0 Å². The Morgan fingerprint density at radius 2 is 1.86 bits per heavy atom. The van der Waals surface area contributed by atoms with Crippen LogP contribution in [0.25, 0.3) is 0 Å². The predicted molar refractivity (Wildman–Crippen MR) is 89.5 cm³/mol. The lowest BCUT2D eigenvalue weighted by Crippen LogP contribution is -2.30. The van der Waals surface area contributed by atoms with Crippen LogP contribution in [0.4, 0.5) is 0 Å². The van der Waals surface area contributed by atoms with Crippen molar-refractivity contribution in [1.82, 2.24) is 14.7 Å². The highest BCUT2D eigenvalue weighted by Gasteiger charge is 2.11. The van der Waals surface area contributed by atoms with Crippen LogP contribution in [0.5, 0.6) is 0 Å². The summed E-state index contributed by atoms with van der Waals surface area (Å²) in [6, 6.07) is 13.0. The SMILES string of the molecule is CC(C)n1nccc1CN(CCN)Cc1ccccc1.Cl. The second-order valence-corrected chi connectivity index (χ2v) is 5.35. The normalized spacial score (nSPS) is 10.9. The molecule has 5 heteroatoms. The molecule has 0 aliphatic carbocycles. The molecule has 2 aromatic rings. The van der Waals surface area contributed by atoms with Gasteiger partial charge in [-0.1, -0.05) is 30.3 Å². The molecule has 1 heterocycles. The van der Waals surface area contributed by atoms with Crippen molar-refractivity contribution in [2.75, 3.05) is 13.1 Å². The molecule has 116 valence electrons. The molecule has 4 nitrogen and oxygen atoms in total. The van der Waals surface area contributed by atoms with Crippen LogP contribution in [0.2, 0.25) is 0 Å². The molecule has 0 atom stereocenters. The van der Waals surface area contributed by atoms with Crippen molar-refractivity contribution in [1.29, 1.82) is 0 Å². The molecule has 0 saturated carbocycles. The van der Waals surface area contributed by atoms with Gasteiger partial charge >= 0.3 is 0 Å². The van der Waals surface area contributed by atoms with E-state index in [0.717, 1.165) is 19.6 Å². The lowest BCUT2D eigenvalue weighted by Gasteiger charge is -2.23. The second-order valence-electron chi connectivity index (χ2n) is 5.35. The van der Waals surface area contributed by atoms with Crippen molar-refractivity contribution >= 4 is 12.4 Å². The van der Waals surface area contributed by atoms with Crippen molar-refractivity contribution in [3.05, 3.63) is 53.9 Å². The van der Waals surface area contributed by atoms with E-state index in [9.17, 15) is 0 Å². The molecule has 0 bridgehead atoms. The third-order valence-corrected chi connectivity index (χ3v) is 3.32. The summed E-state index contributed by atoms with van der Waals surface area (Å²) in [5, 5.41) is 4.39. The average molecular weight is 309 g/mol. The molecule has 0 fully saturated rings. The fourth-order valence-corrected chi connectivity index (χ4v) is 2.40. The Hall–Kier alpha value is -1.36. The van der Waals surface area contributed by atoms with E-state index in [4.69, 9.17) is 5.73 Å². The van der Waals surface area contributed by atoms with E-state index in [1.165, 1.54) is 11.3 Å². The summed E-state index contributed by atoms with van der Waals surface area (Å²) in [7, 11) is 0. The van der Waals surface area contributed by atoms with Crippen LogP contribution < -0.4 is 5.73 Å². The predicted octanol–water partition coefficient (Wildman–Crippen LogP) is 2.85. The van der Waals surface area contributed by atoms with Gasteiger partial charge < -0.3 is 5.73 Å². The quantitative estimate of drug-likeness (QED) is 0.855. The van der Waals surface area contributed by atoms with Gasteiger partial charge in [0.15, 0.2) is 0 Å². The summed E-state index contributed by atoms with van der Waals surface area (Å²) in [5.74, 6) is 0. The number of aromatic nitrogens is 2. The maximum Gasteiger partial charge on any atom is 0.0527 e. The first-order valence-corrected chi connectivity index (χ1v) is 7.19. The maximum absolute atomic E-state index is 5.75. The van der Waals surface area contributed by atoms with Crippen LogP contribution in [0.15, 0.2) is 42.6 Å². The van der Waals surface area contributed by atoms with Gasteiger partial charge in [0.2, 0.25) is 0 Å². The molecule has 0 aliphatic heterocycles. The minimum absolute atomic E-state index is 0. The number of benzene rings is 1. The van der Waals surface area contributed by atoms with Gasteiger partial charge in [0.25, 0.3) is 0 Å². The molecule has 0 radical (unpaired) electrons. The minimum atomic E-state index is 0. The van der Waals surface area contributed by atoms with Crippen molar-refractivity contribution in [3.63, 3.8) is 0 Å². The molecule has 0 aliphatic rings. The minimum Gasteiger partial charge on any atom is -0.329 e. The van der Waals surface area contributed by atoms with E-state index in [1.54, 1.807) is 0 Å². The van der Waals surface area contributed by atoms with Gasteiger partial charge in [-0.2, -0.15) is 5.10 Å². The van der Waals surface area contributed by atoms with Crippen LogP contribution in [0, 0.1) is 0 Å². The van der Waals surface area contributed by atoms with E-state index < -0.39 is 0 Å². The zero-order chi connectivity index (χ0) is 14.4. The van der Waals surface area contributed by atoms with Crippen LogP contribution in [-0.4, -0.2) is 27.8 Å². The summed E-state index contributed by atoms with van der Waals surface area (Å²) in [6.45, 7) is 7.66. The first-order valence-electron chi connectivity index (χ1n) is 7.19. The molecule has 21 heavy (non-hydrogen) atoms. The van der Waals surface area contributed by atoms with E-state index in [0.29, 0.717) is 12.6 Å². The van der Waals surface area contributed by atoms with Gasteiger partial charge in [0, 0.05) is 38.4 Å². The van der Waals surface area contributed by atoms with Crippen LogP contribution in [0.3, 0.4) is 0 Å². The molecule has 0 amide bonds. The van der Waals surface area contributed by atoms with E-state index in [2.05, 4.69) is 58.9 Å². The van der Waals surface area contributed by atoms with E-state index in [-0.39, 0.29) is 12.4 Å². The molecule has 1 aromatic heterocycles. The molecule has 0 unspecified atom stereocenters. The number of hydrogen-bond donors (Lipinski definition) is 1. The van der Waals surface area contributed by atoms with Gasteiger partial charge in [-0.05, 0) is 25.5 Å². The molecule has 1 aromatic carbocycles. The summed E-state index contributed by atoms with van der Waals surface area (Å²) in [4.78, 5) is 2.37. The zero-order valence-electron chi connectivity index (χ0n) is 12.8. The van der Waals surface area contributed by atoms with Gasteiger partial charge in [-0.3, -0.25) is 9.58 Å². The van der Waals surface area contributed by atoms with Crippen LogP contribution >= 0.6 is 12.4 Å². The standard InChI is InChI=1S/C16H24N4.ClH/c1-14(2)20-16(8-10-18-20)13-19(11-9-17)12-15-6-4-3-5-7-15;/h3-8,10,14H,9,11-13,17H2,1-2H3;1H. The second kappa shape index (κ2) is 8.82. The Morgan fingerprint density at radius 1 is 1.14 bits per heavy atom. The Balaban J connectivity index is 0.00000220. The third-order valence-electron chi connectivity index (χ3n) is 3.32. The topological polar surface area (TPSA) is 47.1 Å². The van der Waals surface area contributed by atoms with Gasteiger partial charge in [0.1, 0.15) is 0 Å². The first kappa shape index (κ1) is 17.7. The number of hydrogen-bond acceptors (Lipinski definition) is 3.